The van der Waals surface area contributed by atoms with Gasteiger partial charge in [-0.3, -0.25) is 9.36 Å². The van der Waals surface area contributed by atoms with Crippen molar-refractivity contribution in [1.29, 1.82) is 0 Å². The summed E-state index contributed by atoms with van der Waals surface area (Å²) in [5.74, 6) is 1.96. The van der Waals surface area contributed by atoms with Crippen LogP contribution in [0.15, 0.2) is 59.8 Å². The molecule has 1 aromatic heterocycles. The van der Waals surface area contributed by atoms with Crippen LogP contribution in [-0.4, -0.2) is 46.1 Å². The monoisotopic (exact) mass is 409 g/mol. The second kappa shape index (κ2) is 9.24. The number of methoxy groups -OCH3 is 1. The number of Topliss-reactive ketones (excluding diaryl/α,β-unsaturated/α-hetero) is 1. The topological polar surface area (TPSA) is 66.2 Å². The lowest BCUT2D eigenvalue weighted by atomic mass is 10.2. The summed E-state index contributed by atoms with van der Waals surface area (Å²) in [6.07, 6.45) is 2.24. The summed E-state index contributed by atoms with van der Waals surface area (Å²) in [5, 5.41) is 9.53. The van der Waals surface area contributed by atoms with Gasteiger partial charge in [-0.05, 0) is 37.1 Å². The van der Waals surface area contributed by atoms with Crippen LogP contribution in [0.1, 0.15) is 23.2 Å². The Balaban J connectivity index is 1.57. The van der Waals surface area contributed by atoms with Gasteiger partial charge in [0.05, 0.1) is 25.5 Å². The first-order valence-corrected chi connectivity index (χ1v) is 10.6. The highest BCUT2D eigenvalue weighted by Crippen LogP contribution is 2.28. The number of aromatic nitrogens is 3. The van der Waals surface area contributed by atoms with Crippen molar-refractivity contribution < 1.29 is 14.3 Å². The minimum absolute atomic E-state index is 0.0771. The second-order valence-electron chi connectivity index (χ2n) is 6.86. The van der Waals surface area contributed by atoms with Gasteiger partial charge in [0, 0.05) is 17.7 Å². The van der Waals surface area contributed by atoms with Crippen LogP contribution in [0.4, 0.5) is 0 Å². The molecule has 0 amide bonds. The summed E-state index contributed by atoms with van der Waals surface area (Å²) >= 11 is 1.42. The summed E-state index contributed by atoms with van der Waals surface area (Å²) in [6, 6.07) is 17.1. The van der Waals surface area contributed by atoms with E-state index in [-0.39, 0.29) is 11.9 Å². The summed E-state index contributed by atoms with van der Waals surface area (Å²) in [4.78, 5) is 12.5. The Hall–Kier alpha value is -2.64. The minimum atomic E-state index is 0.0771. The molecule has 0 unspecified atom stereocenters. The van der Waals surface area contributed by atoms with Gasteiger partial charge in [0.2, 0.25) is 0 Å². The Morgan fingerprint density at radius 3 is 2.66 bits per heavy atom. The average molecular weight is 410 g/mol. The zero-order chi connectivity index (χ0) is 20.1. The number of rotatable bonds is 8. The van der Waals surface area contributed by atoms with Crippen molar-refractivity contribution in [1.82, 2.24) is 14.8 Å². The largest absolute Gasteiger partial charge is 0.497 e. The van der Waals surface area contributed by atoms with Gasteiger partial charge >= 0.3 is 0 Å². The maximum atomic E-state index is 12.5. The summed E-state index contributed by atoms with van der Waals surface area (Å²) in [7, 11) is 1.65. The average Bonchev–Trinajstić information content (AvgIpc) is 3.43. The Morgan fingerprint density at radius 2 is 1.97 bits per heavy atom. The molecule has 150 valence electrons. The number of nitrogens with zero attached hydrogens (tertiary/aromatic N) is 3. The van der Waals surface area contributed by atoms with Crippen molar-refractivity contribution in [2.75, 3.05) is 19.5 Å². The Kier molecular flexibility index (Phi) is 6.27. The second-order valence-corrected chi connectivity index (χ2v) is 7.80. The first kappa shape index (κ1) is 19.7. The lowest BCUT2D eigenvalue weighted by Crippen LogP contribution is -2.17. The molecule has 0 spiro atoms. The van der Waals surface area contributed by atoms with E-state index in [0.717, 1.165) is 41.7 Å². The van der Waals surface area contributed by atoms with E-state index in [9.17, 15) is 4.79 Å². The number of carbonyl (C=O) groups is 1. The van der Waals surface area contributed by atoms with Crippen LogP contribution in [0.5, 0.6) is 5.75 Å². The van der Waals surface area contributed by atoms with E-state index in [1.165, 1.54) is 11.8 Å². The highest BCUT2D eigenvalue weighted by molar-refractivity contribution is 7.99. The van der Waals surface area contributed by atoms with Gasteiger partial charge in [-0.15, -0.1) is 10.2 Å². The predicted octanol–water partition coefficient (Wildman–Crippen LogP) is 4.11. The van der Waals surface area contributed by atoms with Crippen molar-refractivity contribution in [2.24, 2.45) is 0 Å². The van der Waals surface area contributed by atoms with Crippen LogP contribution in [-0.2, 0) is 11.3 Å². The lowest BCUT2D eigenvalue weighted by molar-refractivity contribution is 0.0953. The fourth-order valence-electron chi connectivity index (χ4n) is 3.34. The zero-order valence-corrected chi connectivity index (χ0v) is 17.1. The molecule has 0 bridgehead atoms. The van der Waals surface area contributed by atoms with E-state index in [1.54, 1.807) is 7.11 Å². The predicted molar refractivity (Wildman–Crippen MR) is 112 cm³/mol. The number of hydrogen-bond acceptors (Lipinski definition) is 6. The first-order chi connectivity index (χ1) is 14.2. The standard InChI is InChI=1S/C22H23N3O3S/c1-27-18-11-9-17(10-12-18)21-23-24-22(25(21)14-19-8-5-13-28-19)29-15-20(26)16-6-3-2-4-7-16/h2-4,6-7,9-12,19H,5,8,13-15H2,1H3/t19-/m1/s1. The Labute approximate surface area is 174 Å². The molecule has 0 saturated carbocycles. The fourth-order valence-corrected chi connectivity index (χ4v) is 4.19. The molecule has 6 nitrogen and oxygen atoms in total. The molecular formula is C22H23N3O3S. The smallest absolute Gasteiger partial charge is 0.192 e. The Morgan fingerprint density at radius 1 is 1.17 bits per heavy atom. The quantitative estimate of drug-likeness (QED) is 0.412. The third-order valence-electron chi connectivity index (χ3n) is 4.90. The van der Waals surface area contributed by atoms with Gasteiger partial charge in [0.25, 0.3) is 0 Å². The molecule has 29 heavy (non-hydrogen) atoms. The molecule has 0 N–H and O–H groups in total. The summed E-state index contributed by atoms with van der Waals surface area (Å²) in [5.41, 5.74) is 1.66. The highest BCUT2D eigenvalue weighted by atomic mass is 32.2. The zero-order valence-electron chi connectivity index (χ0n) is 16.3. The molecule has 1 saturated heterocycles. The van der Waals surface area contributed by atoms with E-state index in [0.29, 0.717) is 17.9 Å². The van der Waals surface area contributed by atoms with Gasteiger partial charge in [0.15, 0.2) is 16.8 Å². The van der Waals surface area contributed by atoms with Crippen LogP contribution in [0.25, 0.3) is 11.4 Å². The molecule has 2 heterocycles. The van der Waals surface area contributed by atoms with E-state index in [4.69, 9.17) is 9.47 Å². The fraction of sp³-hybridized carbons (Fsp3) is 0.318. The molecule has 3 aromatic rings. The van der Waals surface area contributed by atoms with Gasteiger partial charge in [0.1, 0.15) is 5.75 Å². The summed E-state index contributed by atoms with van der Waals surface area (Å²) < 4.78 is 13.2. The van der Waals surface area contributed by atoms with Crippen molar-refractivity contribution >= 4 is 17.5 Å². The molecule has 7 heteroatoms. The Bertz CT molecular complexity index is 951. The van der Waals surface area contributed by atoms with E-state index in [1.807, 2.05) is 54.6 Å². The molecule has 1 fully saturated rings. The van der Waals surface area contributed by atoms with Gasteiger partial charge in [-0.1, -0.05) is 42.1 Å². The molecule has 1 atom stereocenters. The maximum Gasteiger partial charge on any atom is 0.192 e. The third kappa shape index (κ3) is 4.68. The molecule has 1 aliphatic rings. The number of thioether (sulfide) groups is 1. The summed E-state index contributed by atoms with van der Waals surface area (Å²) in [6.45, 7) is 1.47. The maximum absolute atomic E-state index is 12.5. The molecule has 2 aromatic carbocycles. The third-order valence-corrected chi connectivity index (χ3v) is 5.87. The van der Waals surface area contributed by atoms with Crippen molar-refractivity contribution in [2.45, 2.75) is 30.6 Å². The first-order valence-electron chi connectivity index (χ1n) is 9.65. The molecule has 1 aliphatic heterocycles. The van der Waals surface area contributed by atoms with Gasteiger partial charge in [-0.2, -0.15) is 0 Å². The normalized spacial score (nSPS) is 16.1. The van der Waals surface area contributed by atoms with E-state index >= 15 is 0 Å². The van der Waals surface area contributed by atoms with Crippen LogP contribution >= 0.6 is 11.8 Å². The van der Waals surface area contributed by atoms with Crippen LogP contribution in [0.2, 0.25) is 0 Å². The van der Waals surface area contributed by atoms with Gasteiger partial charge in [-0.25, -0.2) is 0 Å². The SMILES string of the molecule is COc1ccc(-c2nnc(SCC(=O)c3ccccc3)n2C[C@H]2CCCO2)cc1. The van der Waals surface area contributed by atoms with Crippen molar-refractivity contribution in [3.8, 4) is 17.1 Å². The number of ether oxygens (including phenoxy) is 2. The number of ketones is 1. The van der Waals surface area contributed by atoms with Crippen LogP contribution < -0.4 is 4.74 Å². The molecule has 0 aliphatic carbocycles. The number of hydrogen-bond donors (Lipinski definition) is 0. The number of benzene rings is 2. The molecule has 0 radical (unpaired) electrons. The highest BCUT2D eigenvalue weighted by Gasteiger charge is 2.22. The lowest BCUT2D eigenvalue weighted by Gasteiger charge is -2.15. The van der Waals surface area contributed by atoms with E-state index in [2.05, 4.69) is 14.8 Å². The number of carbonyl (C=O) groups excluding carboxylic acids is 1. The van der Waals surface area contributed by atoms with E-state index < -0.39 is 0 Å². The van der Waals surface area contributed by atoms with Crippen molar-refractivity contribution in [3.05, 3.63) is 60.2 Å². The van der Waals surface area contributed by atoms with Gasteiger partial charge < -0.3 is 9.47 Å². The van der Waals surface area contributed by atoms with Crippen LogP contribution in [0.3, 0.4) is 0 Å². The molecular weight excluding hydrogens is 386 g/mol. The van der Waals surface area contributed by atoms with Crippen molar-refractivity contribution in [3.63, 3.8) is 0 Å². The molecule has 4 rings (SSSR count). The minimum Gasteiger partial charge on any atom is -0.497 e. The van der Waals surface area contributed by atoms with Crippen LogP contribution in [0, 0.1) is 0 Å².